The fourth-order valence-corrected chi connectivity index (χ4v) is 3.65. The lowest BCUT2D eigenvalue weighted by atomic mass is 10.1. The van der Waals surface area contributed by atoms with Crippen LogP contribution in [0.1, 0.15) is 18.4 Å². The maximum atomic E-state index is 12.9. The molecule has 2 aromatic carbocycles. The van der Waals surface area contributed by atoms with Crippen LogP contribution in [0.15, 0.2) is 54.6 Å². The predicted molar refractivity (Wildman–Crippen MR) is 108 cm³/mol. The lowest BCUT2D eigenvalue weighted by molar-refractivity contribution is -0.136. The van der Waals surface area contributed by atoms with Gasteiger partial charge in [-0.1, -0.05) is 42.5 Å². The van der Waals surface area contributed by atoms with E-state index in [9.17, 15) is 9.59 Å². The molecule has 8 nitrogen and oxygen atoms in total. The van der Waals surface area contributed by atoms with E-state index in [1.807, 2.05) is 54.6 Å². The number of likely N-dealkylation sites (tertiary alicyclic amines) is 1. The van der Waals surface area contributed by atoms with Gasteiger partial charge in [0.05, 0.1) is 6.42 Å². The number of carbonyl (C=O) groups excluding carboxylic acids is 2. The zero-order valence-electron chi connectivity index (χ0n) is 16.2. The van der Waals surface area contributed by atoms with Crippen molar-refractivity contribution in [2.45, 2.75) is 25.3 Å². The summed E-state index contributed by atoms with van der Waals surface area (Å²) in [5.41, 5.74) is 2.41. The van der Waals surface area contributed by atoms with E-state index in [1.165, 1.54) is 0 Å². The highest BCUT2D eigenvalue weighted by Crippen LogP contribution is 2.23. The lowest BCUT2D eigenvalue weighted by Crippen LogP contribution is -2.43. The second-order valence-electron chi connectivity index (χ2n) is 7.10. The van der Waals surface area contributed by atoms with E-state index in [0.29, 0.717) is 30.9 Å². The molecule has 1 aliphatic heterocycles. The molecule has 1 N–H and O–H groups in total. The molecular formula is C21H22N6O2. The van der Waals surface area contributed by atoms with E-state index in [4.69, 9.17) is 0 Å². The first kappa shape index (κ1) is 18.8. The third kappa shape index (κ3) is 4.16. The summed E-state index contributed by atoms with van der Waals surface area (Å²) in [4.78, 5) is 27.3. The van der Waals surface area contributed by atoms with Crippen molar-refractivity contribution in [2.75, 3.05) is 11.9 Å². The molecule has 4 rings (SSSR count). The van der Waals surface area contributed by atoms with E-state index >= 15 is 0 Å². The number of benzene rings is 2. The number of nitrogens with zero attached hydrogens (tertiary/aromatic N) is 5. The quantitative estimate of drug-likeness (QED) is 0.720. The summed E-state index contributed by atoms with van der Waals surface area (Å²) < 4.78 is 1.57. The number of tetrazole rings is 1. The van der Waals surface area contributed by atoms with Gasteiger partial charge in [-0.2, -0.15) is 0 Å². The number of carbonyl (C=O) groups is 2. The molecule has 2 heterocycles. The van der Waals surface area contributed by atoms with Crippen LogP contribution in [0.3, 0.4) is 0 Å². The average Bonchev–Trinajstić information content (AvgIpc) is 3.38. The minimum absolute atomic E-state index is 0.0206. The second-order valence-corrected chi connectivity index (χ2v) is 7.10. The van der Waals surface area contributed by atoms with Crippen molar-refractivity contribution in [3.8, 4) is 11.4 Å². The van der Waals surface area contributed by atoms with Crippen LogP contribution in [0, 0.1) is 0 Å². The van der Waals surface area contributed by atoms with Gasteiger partial charge in [-0.15, -0.1) is 5.10 Å². The Morgan fingerprint density at radius 3 is 2.72 bits per heavy atom. The molecule has 29 heavy (non-hydrogen) atoms. The minimum Gasteiger partial charge on any atom is -0.330 e. The third-order valence-electron chi connectivity index (χ3n) is 5.08. The highest BCUT2D eigenvalue weighted by atomic mass is 16.2. The number of aromatic nitrogens is 4. The number of hydrogen-bond donors (Lipinski definition) is 1. The van der Waals surface area contributed by atoms with Crippen molar-refractivity contribution < 1.29 is 9.59 Å². The third-order valence-corrected chi connectivity index (χ3v) is 5.08. The Morgan fingerprint density at radius 2 is 1.97 bits per heavy atom. The normalized spacial score (nSPS) is 16.0. The number of aryl methyl sites for hydroxylation is 1. The maximum Gasteiger partial charge on any atom is 0.247 e. The Balaban J connectivity index is 1.45. The van der Waals surface area contributed by atoms with Gasteiger partial charge in [-0.3, -0.25) is 9.59 Å². The molecule has 148 valence electrons. The fraction of sp³-hybridized carbons (Fsp3) is 0.286. The van der Waals surface area contributed by atoms with Crippen molar-refractivity contribution in [3.63, 3.8) is 0 Å². The summed E-state index contributed by atoms with van der Waals surface area (Å²) in [6, 6.07) is 16.5. The highest BCUT2D eigenvalue weighted by Gasteiger charge is 2.33. The Bertz CT molecular complexity index is 1020. The molecule has 1 unspecified atom stereocenters. The van der Waals surface area contributed by atoms with Crippen molar-refractivity contribution in [2.24, 2.45) is 7.05 Å². The van der Waals surface area contributed by atoms with Crippen molar-refractivity contribution in [1.82, 2.24) is 25.1 Å². The summed E-state index contributed by atoms with van der Waals surface area (Å²) in [5.74, 6) is 0.423. The lowest BCUT2D eigenvalue weighted by Gasteiger charge is -2.24. The monoisotopic (exact) mass is 390 g/mol. The SMILES string of the molecule is Cn1nnnc1-c1cccc(NC(=O)C2CCCN2C(=O)Cc2ccccc2)c1. The van der Waals surface area contributed by atoms with Gasteiger partial charge < -0.3 is 10.2 Å². The van der Waals surface area contributed by atoms with Crippen LogP contribution in [0.2, 0.25) is 0 Å². The highest BCUT2D eigenvalue weighted by molar-refractivity contribution is 5.98. The van der Waals surface area contributed by atoms with Gasteiger partial charge in [0.15, 0.2) is 5.82 Å². The Labute approximate surface area is 168 Å². The maximum absolute atomic E-state index is 12.9. The van der Waals surface area contributed by atoms with E-state index in [0.717, 1.165) is 17.5 Å². The van der Waals surface area contributed by atoms with Gasteiger partial charge in [0.25, 0.3) is 0 Å². The van der Waals surface area contributed by atoms with E-state index in [2.05, 4.69) is 20.8 Å². The first-order valence-corrected chi connectivity index (χ1v) is 9.59. The van der Waals surface area contributed by atoms with Crippen LogP contribution in [-0.2, 0) is 23.1 Å². The molecule has 1 fully saturated rings. The average molecular weight is 390 g/mol. The fourth-order valence-electron chi connectivity index (χ4n) is 3.65. The molecule has 1 aromatic heterocycles. The van der Waals surface area contributed by atoms with Crippen LogP contribution < -0.4 is 5.32 Å². The smallest absolute Gasteiger partial charge is 0.247 e. The molecule has 2 amide bonds. The first-order valence-electron chi connectivity index (χ1n) is 9.59. The number of nitrogens with one attached hydrogen (secondary N) is 1. The molecule has 0 bridgehead atoms. The molecule has 8 heteroatoms. The van der Waals surface area contributed by atoms with Gasteiger partial charge in [-0.25, -0.2) is 4.68 Å². The molecule has 1 aliphatic rings. The molecular weight excluding hydrogens is 368 g/mol. The Hall–Kier alpha value is -3.55. The van der Waals surface area contributed by atoms with Gasteiger partial charge >= 0.3 is 0 Å². The molecule has 0 saturated carbocycles. The van der Waals surface area contributed by atoms with Crippen LogP contribution in [0.5, 0.6) is 0 Å². The molecule has 0 spiro atoms. The Kier molecular flexibility index (Phi) is 5.33. The zero-order valence-corrected chi connectivity index (χ0v) is 16.2. The van der Waals surface area contributed by atoms with Gasteiger partial charge in [-0.05, 0) is 41.0 Å². The molecule has 1 atom stereocenters. The summed E-state index contributed by atoms with van der Waals surface area (Å²) in [5, 5.41) is 14.4. The molecule has 0 radical (unpaired) electrons. The number of hydrogen-bond acceptors (Lipinski definition) is 5. The summed E-state index contributed by atoms with van der Waals surface area (Å²) in [6.07, 6.45) is 1.79. The van der Waals surface area contributed by atoms with Crippen LogP contribution in [0.4, 0.5) is 5.69 Å². The molecule has 3 aromatic rings. The Morgan fingerprint density at radius 1 is 1.14 bits per heavy atom. The van der Waals surface area contributed by atoms with Crippen LogP contribution >= 0.6 is 0 Å². The number of rotatable bonds is 5. The zero-order chi connectivity index (χ0) is 20.2. The van der Waals surface area contributed by atoms with Crippen LogP contribution in [0.25, 0.3) is 11.4 Å². The first-order chi connectivity index (χ1) is 14.1. The van der Waals surface area contributed by atoms with Gasteiger partial charge in [0, 0.05) is 24.8 Å². The van der Waals surface area contributed by atoms with Crippen molar-refractivity contribution >= 4 is 17.5 Å². The standard InChI is InChI=1S/C21H22N6O2/c1-26-20(23-24-25-26)16-9-5-10-17(14-16)22-21(29)18-11-6-12-27(18)19(28)13-15-7-3-2-4-8-15/h2-5,7-10,14,18H,6,11-13H2,1H3,(H,22,29). The summed E-state index contributed by atoms with van der Waals surface area (Å²) in [6.45, 7) is 0.606. The van der Waals surface area contributed by atoms with Crippen molar-refractivity contribution in [1.29, 1.82) is 0 Å². The largest absolute Gasteiger partial charge is 0.330 e. The van der Waals surface area contributed by atoms with E-state index in [-0.39, 0.29) is 11.8 Å². The van der Waals surface area contributed by atoms with E-state index < -0.39 is 6.04 Å². The second kappa shape index (κ2) is 8.22. The topological polar surface area (TPSA) is 93.0 Å². The van der Waals surface area contributed by atoms with Crippen molar-refractivity contribution in [3.05, 3.63) is 60.2 Å². The summed E-state index contributed by atoms with van der Waals surface area (Å²) in [7, 11) is 1.76. The molecule has 1 saturated heterocycles. The number of amides is 2. The predicted octanol–water partition coefficient (Wildman–Crippen LogP) is 2.05. The number of anilines is 1. The van der Waals surface area contributed by atoms with Gasteiger partial charge in [0.1, 0.15) is 6.04 Å². The van der Waals surface area contributed by atoms with Crippen LogP contribution in [-0.4, -0.2) is 49.5 Å². The summed E-state index contributed by atoms with van der Waals surface area (Å²) >= 11 is 0. The minimum atomic E-state index is -0.452. The molecule has 0 aliphatic carbocycles. The van der Waals surface area contributed by atoms with E-state index in [1.54, 1.807) is 16.6 Å². The van der Waals surface area contributed by atoms with Gasteiger partial charge in [0.2, 0.25) is 11.8 Å².